The number of likely N-dealkylation sites (tertiary alicyclic amines) is 1. The van der Waals surface area contributed by atoms with Crippen molar-refractivity contribution in [3.8, 4) is 0 Å². The lowest BCUT2D eigenvalue weighted by atomic mass is 10.1. The van der Waals surface area contributed by atoms with E-state index in [0.29, 0.717) is 19.6 Å². The molecule has 2 rings (SSSR count). The fourth-order valence-corrected chi connectivity index (χ4v) is 2.72. The first kappa shape index (κ1) is 16.0. The molecular weight excluding hydrogens is 264 g/mol. The van der Waals surface area contributed by atoms with Crippen molar-refractivity contribution in [2.45, 2.75) is 39.3 Å². The van der Waals surface area contributed by atoms with Crippen molar-refractivity contribution < 1.29 is 9.90 Å². The summed E-state index contributed by atoms with van der Waals surface area (Å²) in [6.07, 6.45) is 1.47. The Labute approximate surface area is 127 Å². The molecular formula is C17H26N2O2. The number of nitrogens with zero attached hydrogens (tertiary/aromatic N) is 2. The average molecular weight is 290 g/mol. The first-order chi connectivity index (χ1) is 10.1. The van der Waals surface area contributed by atoms with Crippen molar-refractivity contribution in [3.05, 3.63) is 35.4 Å². The summed E-state index contributed by atoms with van der Waals surface area (Å²) in [4.78, 5) is 16.4. The lowest BCUT2D eigenvalue weighted by molar-refractivity contribution is -0.132. The standard InChI is InChI=1S/C17H26N2O2/c1-3-9-19(11-15-6-4-14(2)5-7-15)17(21)13-18-10-8-16(20)12-18/h4-7,16,20H,3,8-13H2,1-2H3/t16-/m0/s1. The van der Waals surface area contributed by atoms with Crippen LogP contribution < -0.4 is 0 Å². The van der Waals surface area contributed by atoms with Crippen molar-refractivity contribution in [1.82, 2.24) is 9.80 Å². The number of aliphatic hydroxyl groups excluding tert-OH is 1. The summed E-state index contributed by atoms with van der Waals surface area (Å²) in [5.74, 6) is 0.159. The van der Waals surface area contributed by atoms with Gasteiger partial charge in [-0.05, 0) is 25.3 Å². The number of amides is 1. The molecule has 0 radical (unpaired) electrons. The van der Waals surface area contributed by atoms with Crippen LogP contribution in [0.2, 0.25) is 0 Å². The summed E-state index contributed by atoms with van der Waals surface area (Å²) in [5.41, 5.74) is 2.40. The van der Waals surface area contributed by atoms with Crippen LogP contribution in [0.3, 0.4) is 0 Å². The van der Waals surface area contributed by atoms with E-state index in [1.165, 1.54) is 11.1 Å². The molecule has 4 heteroatoms. The van der Waals surface area contributed by atoms with Crippen LogP contribution in [-0.4, -0.2) is 53.1 Å². The molecule has 0 saturated carbocycles. The zero-order chi connectivity index (χ0) is 15.2. The Kier molecular flexibility index (Phi) is 5.76. The van der Waals surface area contributed by atoms with Gasteiger partial charge >= 0.3 is 0 Å². The van der Waals surface area contributed by atoms with Crippen molar-refractivity contribution in [2.24, 2.45) is 0 Å². The van der Waals surface area contributed by atoms with Crippen LogP contribution in [-0.2, 0) is 11.3 Å². The quantitative estimate of drug-likeness (QED) is 0.869. The minimum atomic E-state index is -0.269. The Hall–Kier alpha value is -1.39. The predicted octanol–water partition coefficient (Wildman–Crippen LogP) is 1.80. The molecule has 1 aromatic rings. The van der Waals surface area contributed by atoms with E-state index in [4.69, 9.17) is 0 Å². The highest BCUT2D eigenvalue weighted by molar-refractivity contribution is 5.78. The fraction of sp³-hybridized carbons (Fsp3) is 0.588. The third-order valence-electron chi connectivity index (χ3n) is 3.95. The molecule has 1 amide bonds. The Morgan fingerprint density at radius 3 is 2.67 bits per heavy atom. The van der Waals surface area contributed by atoms with E-state index in [9.17, 15) is 9.90 Å². The largest absolute Gasteiger partial charge is 0.392 e. The number of carbonyl (C=O) groups excluding carboxylic acids is 1. The molecule has 0 aromatic heterocycles. The van der Waals surface area contributed by atoms with Gasteiger partial charge in [0.1, 0.15) is 0 Å². The smallest absolute Gasteiger partial charge is 0.237 e. The van der Waals surface area contributed by atoms with E-state index in [1.54, 1.807) is 0 Å². The van der Waals surface area contributed by atoms with Gasteiger partial charge in [-0.25, -0.2) is 0 Å². The summed E-state index contributed by atoms with van der Waals surface area (Å²) in [5, 5.41) is 9.55. The summed E-state index contributed by atoms with van der Waals surface area (Å²) >= 11 is 0. The molecule has 0 spiro atoms. The van der Waals surface area contributed by atoms with Gasteiger partial charge in [-0.15, -0.1) is 0 Å². The molecule has 1 aromatic carbocycles. The van der Waals surface area contributed by atoms with Crippen molar-refractivity contribution in [2.75, 3.05) is 26.2 Å². The third kappa shape index (κ3) is 4.83. The van der Waals surface area contributed by atoms with Crippen LogP contribution in [0.5, 0.6) is 0 Å². The number of benzene rings is 1. The minimum absolute atomic E-state index is 0.159. The molecule has 1 heterocycles. The molecule has 4 nitrogen and oxygen atoms in total. The van der Waals surface area contributed by atoms with E-state index >= 15 is 0 Å². The van der Waals surface area contributed by atoms with Gasteiger partial charge in [0.25, 0.3) is 0 Å². The normalized spacial score (nSPS) is 18.9. The van der Waals surface area contributed by atoms with Gasteiger partial charge in [0, 0.05) is 26.2 Å². The van der Waals surface area contributed by atoms with Crippen LogP contribution in [0.1, 0.15) is 30.9 Å². The Morgan fingerprint density at radius 2 is 2.10 bits per heavy atom. The van der Waals surface area contributed by atoms with Crippen LogP contribution in [0.4, 0.5) is 0 Å². The summed E-state index contributed by atoms with van der Waals surface area (Å²) in [7, 11) is 0. The highest BCUT2D eigenvalue weighted by Gasteiger charge is 2.24. The average Bonchev–Trinajstić information content (AvgIpc) is 2.86. The van der Waals surface area contributed by atoms with Gasteiger partial charge in [-0.3, -0.25) is 9.69 Å². The molecule has 1 saturated heterocycles. The van der Waals surface area contributed by atoms with E-state index in [0.717, 1.165) is 25.9 Å². The van der Waals surface area contributed by atoms with Crippen LogP contribution in [0, 0.1) is 6.92 Å². The van der Waals surface area contributed by atoms with Gasteiger partial charge in [-0.1, -0.05) is 36.8 Å². The lowest BCUT2D eigenvalue weighted by Gasteiger charge is -2.25. The fourth-order valence-electron chi connectivity index (χ4n) is 2.72. The molecule has 1 N–H and O–H groups in total. The lowest BCUT2D eigenvalue weighted by Crippen LogP contribution is -2.39. The highest BCUT2D eigenvalue weighted by atomic mass is 16.3. The second kappa shape index (κ2) is 7.57. The second-order valence-electron chi connectivity index (χ2n) is 5.98. The SMILES string of the molecule is CCCN(Cc1ccc(C)cc1)C(=O)CN1CC[C@H](O)C1. The minimum Gasteiger partial charge on any atom is -0.392 e. The van der Waals surface area contributed by atoms with Gasteiger partial charge in [-0.2, -0.15) is 0 Å². The Morgan fingerprint density at radius 1 is 1.38 bits per heavy atom. The van der Waals surface area contributed by atoms with Gasteiger partial charge < -0.3 is 10.0 Å². The van der Waals surface area contributed by atoms with Crippen LogP contribution >= 0.6 is 0 Å². The van der Waals surface area contributed by atoms with E-state index < -0.39 is 0 Å². The van der Waals surface area contributed by atoms with Gasteiger partial charge in [0.05, 0.1) is 12.6 Å². The van der Waals surface area contributed by atoms with E-state index in [2.05, 4.69) is 38.1 Å². The number of carbonyl (C=O) groups is 1. The first-order valence-electron chi connectivity index (χ1n) is 7.82. The maximum absolute atomic E-state index is 12.5. The Bertz CT molecular complexity index is 458. The molecule has 0 bridgehead atoms. The number of β-amino-alcohol motifs (C(OH)–C–C–N with tert-alkyl or cyclic N) is 1. The summed E-state index contributed by atoms with van der Waals surface area (Å²) in [6, 6.07) is 8.34. The first-order valence-corrected chi connectivity index (χ1v) is 7.82. The Balaban J connectivity index is 1.93. The van der Waals surface area contributed by atoms with Gasteiger partial charge in [0.15, 0.2) is 0 Å². The summed E-state index contributed by atoms with van der Waals surface area (Å²) in [6.45, 7) is 7.47. The molecule has 1 aliphatic rings. The molecule has 0 unspecified atom stereocenters. The van der Waals surface area contributed by atoms with Gasteiger partial charge in [0.2, 0.25) is 5.91 Å². The molecule has 21 heavy (non-hydrogen) atoms. The second-order valence-corrected chi connectivity index (χ2v) is 5.98. The predicted molar refractivity (Wildman–Crippen MR) is 84.0 cm³/mol. The number of aryl methyl sites for hydroxylation is 1. The van der Waals surface area contributed by atoms with Crippen molar-refractivity contribution >= 4 is 5.91 Å². The number of aliphatic hydroxyl groups is 1. The molecule has 1 aliphatic heterocycles. The monoisotopic (exact) mass is 290 g/mol. The van der Waals surface area contributed by atoms with Crippen LogP contribution in [0.25, 0.3) is 0 Å². The van der Waals surface area contributed by atoms with Crippen molar-refractivity contribution in [1.29, 1.82) is 0 Å². The van der Waals surface area contributed by atoms with E-state index in [-0.39, 0.29) is 12.0 Å². The molecule has 1 fully saturated rings. The number of hydrogen-bond donors (Lipinski definition) is 1. The zero-order valence-corrected chi connectivity index (χ0v) is 13.1. The molecule has 116 valence electrons. The maximum atomic E-state index is 12.5. The molecule has 0 aliphatic carbocycles. The molecule has 1 atom stereocenters. The number of hydrogen-bond acceptors (Lipinski definition) is 3. The third-order valence-corrected chi connectivity index (χ3v) is 3.95. The maximum Gasteiger partial charge on any atom is 0.237 e. The van der Waals surface area contributed by atoms with Crippen molar-refractivity contribution in [3.63, 3.8) is 0 Å². The number of rotatable bonds is 6. The van der Waals surface area contributed by atoms with E-state index in [1.807, 2.05) is 9.80 Å². The zero-order valence-electron chi connectivity index (χ0n) is 13.1. The van der Waals surface area contributed by atoms with Crippen LogP contribution in [0.15, 0.2) is 24.3 Å². The highest BCUT2D eigenvalue weighted by Crippen LogP contribution is 2.11. The summed E-state index contributed by atoms with van der Waals surface area (Å²) < 4.78 is 0. The topological polar surface area (TPSA) is 43.8 Å².